The Morgan fingerprint density at radius 1 is 1.09 bits per heavy atom. The minimum atomic E-state index is 0.696. The van der Waals surface area contributed by atoms with Gasteiger partial charge in [0.15, 0.2) is 0 Å². The third kappa shape index (κ3) is 3.60. The Bertz CT molecular complexity index is 618. The normalized spacial score (nSPS) is 19.3. The molecule has 1 fully saturated rings. The van der Waals surface area contributed by atoms with Crippen LogP contribution >= 0.6 is 0 Å². The number of methoxy groups -OCH3 is 1. The van der Waals surface area contributed by atoms with Crippen LogP contribution in [0.5, 0.6) is 5.75 Å². The molecule has 0 saturated carbocycles. The Balaban J connectivity index is 1.72. The minimum Gasteiger partial charge on any atom is -0.497 e. The van der Waals surface area contributed by atoms with Gasteiger partial charge in [0.05, 0.1) is 7.11 Å². The van der Waals surface area contributed by atoms with E-state index in [1.165, 1.54) is 42.1 Å². The van der Waals surface area contributed by atoms with Gasteiger partial charge in [-0.05, 0) is 73.9 Å². The summed E-state index contributed by atoms with van der Waals surface area (Å²) >= 11 is 0. The Morgan fingerprint density at radius 2 is 1.91 bits per heavy atom. The number of ether oxygens (including phenoxy) is 1. The standard InChI is InChI=1S/C19H26N2O/c1-21(18-4-3-10-20-11-9-18)14-15-5-6-17-13-19(22-2)8-7-16(17)12-15/h5-8,12-13,18,20H,3-4,9-11,14H2,1-2H3. The lowest BCUT2D eigenvalue weighted by Gasteiger charge is -2.27. The lowest BCUT2D eigenvalue weighted by Crippen LogP contribution is -2.31. The zero-order valence-corrected chi connectivity index (χ0v) is 13.6. The maximum Gasteiger partial charge on any atom is 0.119 e. The number of hydrogen-bond acceptors (Lipinski definition) is 3. The van der Waals surface area contributed by atoms with Crippen molar-refractivity contribution in [1.29, 1.82) is 0 Å². The molecule has 1 heterocycles. The molecule has 1 aliphatic heterocycles. The first-order chi connectivity index (χ1) is 10.8. The fourth-order valence-corrected chi connectivity index (χ4v) is 3.36. The topological polar surface area (TPSA) is 24.5 Å². The molecule has 2 aromatic rings. The van der Waals surface area contributed by atoms with Crippen molar-refractivity contribution in [1.82, 2.24) is 10.2 Å². The Morgan fingerprint density at radius 3 is 2.77 bits per heavy atom. The molecule has 3 heteroatoms. The highest BCUT2D eigenvalue weighted by Crippen LogP contribution is 2.23. The average Bonchev–Trinajstić information content (AvgIpc) is 2.83. The molecule has 118 valence electrons. The molecule has 0 amide bonds. The molecule has 3 rings (SSSR count). The number of nitrogens with one attached hydrogen (secondary N) is 1. The van der Waals surface area contributed by atoms with Crippen LogP contribution < -0.4 is 10.1 Å². The van der Waals surface area contributed by atoms with E-state index in [9.17, 15) is 0 Å². The van der Waals surface area contributed by atoms with Gasteiger partial charge in [-0.3, -0.25) is 4.90 Å². The summed E-state index contributed by atoms with van der Waals surface area (Å²) in [5.74, 6) is 0.920. The summed E-state index contributed by atoms with van der Waals surface area (Å²) in [4.78, 5) is 2.51. The monoisotopic (exact) mass is 298 g/mol. The van der Waals surface area contributed by atoms with Crippen molar-refractivity contribution >= 4 is 10.8 Å². The molecule has 3 nitrogen and oxygen atoms in total. The van der Waals surface area contributed by atoms with Gasteiger partial charge in [0, 0.05) is 12.6 Å². The molecule has 2 aromatic carbocycles. The molecule has 0 aromatic heterocycles. The number of hydrogen-bond donors (Lipinski definition) is 1. The van der Waals surface area contributed by atoms with E-state index < -0.39 is 0 Å². The second kappa shape index (κ2) is 7.12. The van der Waals surface area contributed by atoms with Crippen LogP contribution in [0.15, 0.2) is 36.4 Å². The van der Waals surface area contributed by atoms with Gasteiger partial charge >= 0.3 is 0 Å². The highest BCUT2D eigenvalue weighted by molar-refractivity contribution is 5.84. The van der Waals surface area contributed by atoms with E-state index in [1.54, 1.807) is 7.11 Å². The molecule has 1 aliphatic rings. The van der Waals surface area contributed by atoms with Gasteiger partial charge in [0.25, 0.3) is 0 Å². The summed E-state index contributed by atoms with van der Waals surface area (Å²) < 4.78 is 5.29. The number of fused-ring (bicyclic) bond motifs is 1. The largest absolute Gasteiger partial charge is 0.497 e. The highest BCUT2D eigenvalue weighted by atomic mass is 16.5. The first-order valence-corrected chi connectivity index (χ1v) is 8.24. The van der Waals surface area contributed by atoms with Crippen LogP contribution in [-0.4, -0.2) is 38.2 Å². The molecular formula is C19H26N2O. The van der Waals surface area contributed by atoms with Crippen LogP contribution in [0.1, 0.15) is 24.8 Å². The summed E-state index contributed by atoms with van der Waals surface area (Å²) in [6.45, 7) is 3.33. The SMILES string of the molecule is COc1ccc2cc(CN(C)C3CCCNCC3)ccc2c1. The Kier molecular flexibility index (Phi) is 4.96. The quantitative estimate of drug-likeness (QED) is 0.936. The number of benzene rings is 2. The average molecular weight is 298 g/mol. The van der Waals surface area contributed by atoms with Crippen molar-refractivity contribution in [2.45, 2.75) is 31.8 Å². The third-order valence-corrected chi connectivity index (χ3v) is 4.71. The molecule has 22 heavy (non-hydrogen) atoms. The molecule has 1 N–H and O–H groups in total. The van der Waals surface area contributed by atoms with Crippen LogP contribution in [0.25, 0.3) is 10.8 Å². The van der Waals surface area contributed by atoms with Crippen molar-refractivity contribution in [3.05, 3.63) is 42.0 Å². The summed E-state index contributed by atoms with van der Waals surface area (Å²) in [6, 6.07) is 13.7. The molecule has 0 spiro atoms. The fourth-order valence-electron chi connectivity index (χ4n) is 3.36. The first-order valence-electron chi connectivity index (χ1n) is 8.24. The summed E-state index contributed by atoms with van der Waals surface area (Å²) in [5, 5.41) is 6.02. The molecule has 1 saturated heterocycles. The van der Waals surface area contributed by atoms with Crippen molar-refractivity contribution < 1.29 is 4.74 Å². The van der Waals surface area contributed by atoms with Crippen LogP contribution in [0.2, 0.25) is 0 Å². The zero-order valence-electron chi connectivity index (χ0n) is 13.6. The molecule has 0 radical (unpaired) electrons. The lowest BCUT2D eigenvalue weighted by molar-refractivity contribution is 0.216. The number of nitrogens with zero attached hydrogens (tertiary/aromatic N) is 1. The second-order valence-electron chi connectivity index (χ2n) is 6.30. The summed E-state index contributed by atoms with van der Waals surface area (Å²) in [5.41, 5.74) is 1.39. The number of rotatable bonds is 4. The second-order valence-corrected chi connectivity index (χ2v) is 6.30. The van der Waals surface area contributed by atoms with E-state index in [4.69, 9.17) is 4.74 Å². The van der Waals surface area contributed by atoms with Crippen molar-refractivity contribution in [2.24, 2.45) is 0 Å². The van der Waals surface area contributed by atoms with Crippen LogP contribution in [0.4, 0.5) is 0 Å². The third-order valence-electron chi connectivity index (χ3n) is 4.71. The molecule has 1 atom stereocenters. The van der Waals surface area contributed by atoms with Gasteiger partial charge in [-0.2, -0.15) is 0 Å². The van der Waals surface area contributed by atoms with Gasteiger partial charge in [-0.1, -0.05) is 18.2 Å². The van der Waals surface area contributed by atoms with Crippen molar-refractivity contribution in [3.63, 3.8) is 0 Å². The predicted molar refractivity (Wildman–Crippen MR) is 92.5 cm³/mol. The highest BCUT2D eigenvalue weighted by Gasteiger charge is 2.16. The molecule has 0 bridgehead atoms. The summed E-state index contributed by atoms with van der Waals surface area (Å²) in [7, 11) is 3.97. The predicted octanol–water partition coefficient (Wildman–Crippen LogP) is 3.42. The van der Waals surface area contributed by atoms with Crippen LogP contribution in [0.3, 0.4) is 0 Å². The van der Waals surface area contributed by atoms with E-state index in [0.717, 1.165) is 18.8 Å². The van der Waals surface area contributed by atoms with Gasteiger partial charge < -0.3 is 10.1 Å². The van der Waals surface area contributed by atoms with E-state index in [2.05, 4.69) is 47.6 Å². The van der Waals surface area contributed by atoms with Crippen LogP contribution in [0, 0.1) is 0 Å². The minimum absolute atomic E-state index is 0.696. The maximum atomic E-state index is 5.29. The smallest absolute Gasteiger partial charge is 0.119 e. The van der Waals surface area contributed by atoms with Gasteiger partial charge in [-0.15, -0.1) is 0 Å². The van der Waals surface area contributed by atoms with Crippen molar-refractivity contribution in [2.75, 3.05) is 27.2 Å². The Labute approximate surface area is 133 Å². The Hall–Kier alpha value is -1.58. The lowest BCUT2D eigenvalue weighted by atomic mass is 10.0. The molecule has 1 unspecified atom stereocenters. The maximum absolute atomic E-state index is 5.29. The van der Waals surface area contributed by atoms with Crippen LogP contribution in [-0.2, 0) is 6.54 Å². The molecular weight excluding hydrogens is 272 g/mol. The van der Waals surface area contributed by atoms with E-state index in [1.807, 2.05) is 6.07 Å². The zero-order chi connectivity index (χ0) is 15.4. The van der Waals surface area contributed by atoms with Crippen molar-refractivity contribution in [3.8, 4) is 5.75 Å². The summed E-state index contributed by atoms with van der Waals surface area (Å²) in [6.07, 6.45) is 3.84. The van der Waals surface area contributed by atoms with E-state index >= 15 is 0 Å². The van der Waals surface area contributed by atoms with E-state index in [0.29, 0.717) is 6.04 Å². The van der Waals surface area contributed by atoms with Gasteiger partial charge in [-0.25, -0.2) is 0 Å². The first kappa shape index (κ1) is 15.3. The van der Waals surface area contributed by atoms with Gasteiger partial charge in [0.2, 0.25) is 0 Å². The van der Waals surface area contributed by atoms with Gasteiger partial charge in [0.1, 0.15) is 5.75 Å². The van der Waals surface area contributed by atoms with E-state index in [-0.39, 0.29) is 0 Å². The fraction of sp³-hybridized carbons (Fsp3) is 0.474. The molecule has 0 aliphatic carbocycles.